The van der Waals surface area contributed by atoms with Crippen LogP contribution in [0.3, 0.4) is 0 Å². The van der Waals surface area contributed by atoms with E-state index in [-0.39, 0.29) is 10.8 Å². The van der Waals surface area contributed by atoms with Gasteiger partial charge in [0.05, 0.1) is 5.69 Å². The summed E-state index contributed by atoms with van der Waals surface area (Å²) in [6.07, 6.45) is 12.3. The summed E-state index contributed by atoms with van der Waals surface area (Å²) in [7, 11) is 1.35. The number of nitrogens with one attached hydrogen (secondary N) is 2. The Hall–Kier alpha value is -6.14. The van der Waals surface area contributed by atoms with E-state index < -0.39 is 12.2 Å². The molecule has 0 spiro atoms. The molecule has 5 aromatic carbocycles. The first-order chi connectivity index (χ1) is 25.2. The fourth-order valence-corrected chi connectivity index (χ4v) is 5.92. The molecule has 0 saturated carbocycles. The van der Waals surface area contributed by atoms with Crippen LogP contribution in [-0.2, 0) is 5.41 Å². The number of anilines is 1. The fourth-order valence-electron chi connectivity index (χ4n) is 5.92. The van der Waals surface area contributed by atoms with Crippen molar-refractivity contribution in [2.24, 2.45) is 5.41 Å². The summed E-state index contributed by atoms with van der Waals surface area (Å²) in [6, 6.07) is 35.2. The van der Waals surface area contributed by atoms with Crippen LogP contribution in [-0.4, -0.2) is 29.4 Å². The van der Waals surface area contributed by atoms with Crippen LogP contribution in [0.15, 0.2) is 159 Å². The number of rotatable bonds is 9. The zero-order chi connectivity index (χ0) is 39.0. The van der Waals surface area contributed by atoms with Crippen LogP contribution in [0.4, 0.5) is 15.3 Å². The van der Waals surface area contributed by atoms with Gasteiger partial charge in [-0.1, -0.05) is 193 Å². The van der Waals surface area contributed by atoms with Crippen molar-refractivity contribution in [3.8, 4) is 11.1 Å². The van der Waals surface area contributed by atoms with Crippen molar-refractivity contribution in [1.82, 2.24) is 5.32 Å². The van der Waals surface area contributed by atoms with Crippen LogP contribution < -0.4 is 10.6 Å². The zero-order valence-corrected chi connectivity index (χ0v) is 31.7. The van der Waals surface area contributed by atoms with Gasteiger partial charge in [-0.2, -0.15) is 0 Å². The Balaban J connectivity index is 0.000000277. The molecule has 0 aliphatic rings. The smallest absolute Gasteiger partial charge is 0.409 e. The van der Waals surface area contributed by atoms with E-state index in [1.807, 2.05) is 78.2 Å². The lowest BCUT2D eigenvalue weighted by Gasteiger charge is -2.29. The molecule has 0 saturated heterocycles. The zero-order valence-electron chi connectivity index (χ0n) is 31.7. The summed E-state index contributed by atoms with van der Waals surface area (Å²) in [5.74, 6) is 0. The van der Waals surface area contributed by atoms with Gasteiger partial charge in [-0.3, -0.25) is 5.32 Å². The predicted octanol–water partition coefficient (Wildman–Crippen LogP) is 12.9. The van der Waals surface area contributed by atoms with Crippen molar-refractivity contribution in [3.63, 3.8) is 0 Å². The van der Waals surface area contributed by atoms with Crippen molar-refractivity contribution >= 4 is 45.0 Å². The number of carbonyl (C=O) groups is 2. The average Bonchev–Trinajstić information content (AvgIpc) is 3.14. The Kier molecular flexibility index (Phi) is 15.2. The van der Waals surface area contributed by atoms with Crippen LogP contribution in [0.1, 0.15) is 52.2 Å². The minimum absolute atomic E-state index is 0.0882. The van der Waals surface area contributed by atoms with Crippen molar-refractivity contribution in [3.05, 3.63) is 170 Å². The van der Waals surface area contributed by atoms with E-state index in [1.54, 1.807) is 6.08 Å². The monoisotopic (exact) mass is 708 g/mol. The van der Waals surface area contributed by atoms with Crippen molar-refractivity contribution < 1.29 is 19.8 Å². The molecule has 0 bridgehead atoms. The summed E-state index contributed by atoms with van der Waals surface area (Å²) in [5, 5.41) is 26.0. The molecular weight excluding hydrogens is 657 g/mol. The molecule has 0 aliphatic carbocycles. The molecule has 0 unspecified atom stereocenters. The molecule has 0 radical (unpaired) electrons. The molecule has 5 rings (SSSR count). The van der Waals surface area contributed by atoms with E-state index in [1.165, 1.54) is 29.3 Å². The maximum Gasteiger partial charge on any atom is 0.409 e. The number of benzene rings is 5. The van der Waals surface area contributed by atoms with Crippen LogP contribution in [0, 0.1) is 5.41 Å². The molecule has 2 amide bonds. The topological polar surface area (TPSA) is 98.7 Å². The van der Waals surface area contributed by atoms with E-state index in [9.17, 15) is 14.7 Å². The molecule has 5 aromatic rings. The minimum atomic E-state index is -1.06. The first kappa shape index (κ1) is 41.3. The SMILES string of the molecule is C=C(c1ccccc1-c1ccccc1)C(C)(C)C.C=C/C=C/C=C/C=C/CC(C)(C)c1c(NC(=O)O)c2ccccc2c2ccccc12.CNC(=O)O. The lowest BCUT2D eigenvalue weighted by Crippen LogP contribution is -2.21. The maximum absolute atomic E-state index is 11.7. The molecule has 0 heterocycles. The van der Waals surface area contributed by atoms with E-state index >= 15 is 0 Å². The van der Waals surface area contributed by atoms with Gasteiger partial charge >= 0.3 is 12.2 Å². The number of allylic oxidation sites excluding steroid dienone is 8. The highest BCUT2D eigenvalue weighted by Crippen LogP contribution is 2.44. The Bertz CT molecular complexity index is 2120. The van der Waals surface area contributed by atoms with Gasteiger partial charge in [-0.25, -0.2) is 9.59 Å². The van der Waals surface area contributed by atoms with Gasteiger partial charge in [0.1, 0.15) is 0 Å². The van der Waals surface area contributed by atoms with Crippen molar-refractivity contribution in [2.75, 3.05) is 12.4 Å². The predicted molar refractivity (Wildman–Crippen MR) is 226 cm³/mol. The average molecular weight is 709 g/mol. The third kappa shape index (κ3) is 11.7. The Morgan fingerprint density at radius 3 is 1.72 bits per heavy atom. The summed E-state index contributed by atoms with van der Waals surface area (Å²) in [6.45, 7) is 18.9. The molecule has 274 valence electrons. The second-order valence-electron chi connectivity index (χ2n) is 14.0. The second kappa shape index (κ2) is 19.5. The van der Waals surface area contributed by atoms with Crippen LogP contribution >= 0.6 is 0 Å². The quantitative estimate of drug-likeness (QED) is 0.0905. The van der Waals surface area contributed by atoms with Gasteiger partial charge in [0.25, 0.3) is 0 Å². The first-order valence-corrected chi connectivity index (χ1v) is 17.5. The summed E-state index contributed by atoms with van der Waals surface area (Å²) in [5.41, 5.74) is 6.42. The first-order valence-electron chi connectivity index (χ1n) is 17.5. The number of carboxylic acid groups (broad SMARTS) is 2. The number of amides is 2. The number of hydrogen-bond acceptors (Lipinski definition) is 2. The Labute approximate surface area is 314 Å². The highest BCUT2D eigenvalue weighted by atomic mass is 16.4. The van der Waals surface area contributed by atoms with Gasteiger partial charge in [0.15, 0.2) is 0 Å². The standard InChI is InChI=1S/C27H27NO2.C18H20.C2H5NO2/c1-4-5-6-7-8-9-14-19-27(2,3)24-22-17-12-10-15-20(22)21-16-11-13-18-23(21)25(24)28-26(29)30;1-14(18(2,3)4)16-12-8-9-13-17(16)15-10-6-5-7-11-15;1-3-2(4)5/h4-18,28H,1,19H2,2-3H3,(H,29,30);5-13H,1H2,2-4H3;3H,1H3,(H,4,5)/b6-5+,8-7+,14-9+;;. The van der Waals surface area contributed by atoms with Crippen molar-refractivity contribution in [2.45, 2.75) is 46.5 Å². The minimum Gasteiger partial charge on any atom is -0.465 e. The molecule has 0 aliphatic heterocycles. The number of fused-ring (bicyclic) bond motifs is 3. The van der Waals surface area contributed by atoms with Gasteiger partial charge < -0.3 is 15.5 Å². The summed E-state index contributed by atoms with van der Waals surface area (Å²) < 4.78 is 0. The molecular formula is C47H52N2O4. The largest absolute Gasteiger partial charge is 0.465 e. The molecule has 0 fully saturated rings. The van der Waals surface area contributed by atoms with E-state index in [4.69, 9.17) is 5.11 Å². The lowest BCUT2D eigenvalue weighted by molar-refractivity contribution is 0.197. The van der Waals surface area contributed by atoms with Crippen LogP contribution in [0.2, 0.25) is 0 Å². The van der Waals surface area contributed by atoms with E-state index in [0.717, 1.165) is 33.5 Å². The van der Waals surface area contributed by atoms with Gasteiger partial charge in [0, 0.05) is 12.4 Å². The molecule has 0 atom stereocenters. The fraction of sp³-hybridized carbons (Fsp3) is 0.191. The third-order valence-electron chi connectivity index (χ3n) is 8.64. The highest BCUT2D eigenvalue weighted by molar-refractivity contribution is 6.17. The summed E-state index contributed by atoms with van der Waals surface area (Å²) in [4.78, 5) is 20.9. The molecule has 4 N–H and O–H groups in total. The lowest BCUT2D eigenvalue weighted by atomic mass is 9.76. The second-order valence-corrected chi connectivity index (χ2v) is 14.0. The van der Waals surface area contributed by atoms with Crippen molar-refractivity contribution in [1.29, 1.82) is 0 Å². The van der Waals surface area contributed by atoms with Gasteiger partial charge in [-0.05, 0) is 61.2 Å². The van der Waals surface area contributed by atoms with Gasteiger partial charge in [-0.15, -0.1) is 0 Å². The van der Waals surface area contributed by atoms with Gasteiger partial charge in [0.2, 0.25) is 0 Å². The van der Waals surface area contributed by atoms with E-state index in [0.29, 0.717) is 5.69 Å². The van der Waals surface area contributed by atoms with Crippen LogP contribution in [0.25, 0.3) is 38.2 Å². The number of hydrogen-bond donors (Lipinski definition) is 4. The third-order valence-corrected chi connectivity index (χ3v) is 8.64. The molecule has 6 heteroatoms. The Morgan fingerprint density at radius 1 is 0.660 bits per heavy atom. The molecule has 0 aromatic heterocycles. The summed E-state index contributed by atoms with van der Waals surface area (Å²) >= 11 is 0. The Morgan fingerprint density at radius 2 is 1.15 bits per heavy atom. The van der Waals surface area contributed by atoms with E-state index in [2.05, 4.69) is 120 Å². The normalized spacial score (nSPS) is 11.5. The maximum atomic E-state index is 11.7. The highest BCUT2D eigenvalue weighted by Gasteiger charge is 2.28. The molecule has 6 nitrogen and oxygen atoms in total. The van der Waals surface area contributed by atoms with Crippen LogP contribution in [0.5, 0.6) is 0 Å². The molecule has 53 heavy (non-hydrogen) atoms.